The first-order valence-corrected chi connectivity index (χ1v) is 15.6. The molecule has 0 spiro atoms. The number of rotatable bonds is 27. The van der Waals surface area contributed by atoms with Crippen LogP contribution in [0.5, 0.6) is 0 Å². The van der Waals surface area contributed by atoms with Crippen LogP contribution in [0.1, 0.15) is 155 Å². The van der Waals surface area contributed by atoms with Gasteiger partial charge in [-0.25, -0.2) is 0 Å². The van der Waals surface area contributed by atoms with E-state index in [9.17, 15) is 12.8 Å². The zero-order valence-electron chi connectivity index (χ0n) is 22.1. The molecule has 33 heavy (non-hydrogen) atoms. The molecule has 0 unspecified atom stereocenters. The fourth-order valence-corrected chi connectivity index (χ4v) is 5.20. The van der Waals surface area contributed by atoms with Gasteiger partial charge in [0.15, 0.2) is 0 Å². The first-order chi connectivity index (χ1) is 15.6. The standard InChI is InChI=1S/C27H55FO3S.H3N/c1-2-3-4-5-6-7-8-9-10-11-12-13-14-17-20-23-26-31-32(29,30)27-24-21-18-15-16-19-22-25-28;/h2-27H2,1H3;1H3. The molecule has 6 heteroatoms. The number of hydrogen-bond acceptors (Lipinski definition) is 4. The maximum atomic E-state index is 12.0. The van der Waals surface area contributed by atoms with Gasteiger partial charge in [-0.1, -0.05) is 135 Å². The Morgan fingerprint density at radius 3 is 1.24 bits per heavy atom. The zero-order chi connectivity index (χ0) is 23.6. The van der Waals surface area contributed by atoms with Crippen molar-refractivity contribution in [2.24, 2.45) is 0 Å². The number of halogens is 1. The molecule has 0 bridgehead atoms. The predicted molar refractivity (Wildman–Crippen MR) is 143 cm³/mol. The van der Waals surface area contributed by atoms with Crippen molar-refractivity contribution in [2.45, 2.75) is 155 Å². The molecule has 0 heterocycles. The summed E-state index contributed by atoms with van der Waals surface area (Å²) in [6.45, 7) is 2.38. The van der Waals surface area contributed by atoms with Gasteiger partial charge in [0.2, 0.25) is 0 Å². The topological polar surface area (TPSA) is 78.4 Å². The van der Waals surface area contributed by atoms with Crippen molar-refractivity contribution in [2.75, 3.05) is 19.0 Å². The maximum absolute atomic E-state index is 12.0. The quantitative estimate of drug-likeness (QED) is 0.0908. The van der Waals surface area contributed by atoms with Crippen molar-refractivity contribution >= 4 is 10.1 Å². The van der Waals surface area contributed by atoms with Crippen LogP contribution >= 0.6 is 0 Å². The summed E-state index contributed by atoms with van der Waals surface area (Å²) in [6.07, 6.45) is 27.3. The minimum atomic E-state index is -3.35. The number of unbranched alkanes of at least 4 members (excludes halogenated alkanes) is 21. The summed E-state index contributed by atoms with van der Waals surface area (Å²) in [5, 5.41) is 0. The van der Waals surface area contributed by atoms with Gasteiger partial charge in [0, 0.05) is 0 Å². The van der Waals surface area contributed by atoms with Crippen LogP contribution in [-0.2, 0) is 14.3 Å². The van der Waals surface area contributed by atoms with Crippen molar-refractivity contribution in [1.82, 2.24) is 6.15 Å². The first kappa shape index (κ1) is 35.0. The average Bonchev–Trinajstić information content (AvgIpc) is 2.77. The number of hydrogen-bond donors (Lipinski definition) is 1. The Labute approximate surface area is 206 Å². The van der Waals surface area contributed by atoms with E-state index in [0.717, 1.165) is 44.9 Å². The molecular weight excluding hydrogens is 437 g/mol. The van der Waals surface area contributed by atoms with Crippen LogP contribution in [0.3, 0.4) is 0 Å². The van der Waals surface area contributed by atoms with E-state index >= 15 is 0 Å². The molecule has 0 aliphatic heterocycles. The lowest BCUT2D eigenvalue weighted by Gasteiger charge is -2.06. The highest BCUT2D eigenvalue weighted by Crippen LogP contribution is 2.14. The average molecular weight is 496 g/mol. The third-order valence-corrected chi connectivity index (χ3v) is 7.60. The molecule has 0 fully saturated rings. The Kier molecular flexibility index (Phi) is 29.7. The van der Waals surface area contributed by atoms with Crippen LogP contribution in [0.4, 0.5) is 4.39 Å². The summed E-state index contributed by atoms with van der Waals surface area (Å²) in [6, 6.07) is 0. The van der Waals surface area contributed by atoms with Crippen LogP contribution in [0.25, 0.3) is 0 Å². The van der Waals surface area contributed by atoms with Crippen LogP contribution in [0, 0.1) is 0 Å². The van der Waals surface area contributed by atoms with Crippen LogP contribution in [0.15, 0.2) is 0 Å². The van der Waals surface area contributed by atoms with Crippen molar-refractivity contribution < 1.29 is 17.0 Å². The van der Waals surface area contributed by atoms with Crippen LogP contribution in [0.2, 0.25) is 0 Å². The lowest BCUT2D eigenvalue weighted by Crippen LogP contribution is -2.11. The van der Waals surface area contributed by atoms with Crippen LogP contribution in [-0.4, -0.2) is 27.5 Å². The van der Waals surface area contributed by atoms with E-state index in [2.05, 4.69) is 6.92 Å². The molecule has 0 amide bonds. The molecular formula is C27H58FNO3S. The summed E-state index contributed by atoms with van der Waals surface area (Å²) in [4.78, 5) is 0. The van der Waals surface area contributed by atoms with E-state index in [0.29, 0.717) is 19.4 Å². The molecule has 0 aromatic rings. The second-order valence-electron chi connectivity index (χ2n) is 9.55. The predicted octanol–water partition coefficient (Wildman–Crippen LogP) is 9.46. The van der Waals surface area contributed by atoms with E-state index in [1.807, 2.05) is 0 Å². The van der Waals surface area contributed by atoms with Gasteiger partial charge >= 0.3 is 0 Å². The molecule has 0 rings (SSSR count). The van der Waals surface area contributed by atoms with Gasteiger partial charge < -0.3 is 6.15 Å². The van der Waals surface area contributed by atoms with Gasteiger partial charge in [-0.2, -0.15) is 8.42 Å². The molecule has 0 saturated heterocycles. The molecule has 202 valence electrons. The molecule has 0 aromatic carbocycles. The summed E-state index contributed by atoms with van der Waals surface area (Å²) >= 11 is 0. The molecule has 0 aliphatic carbocycles. The largest absolute Gasteiger partial charge is 0.344 e. The van der Waals surface area contributed by atoms with Gasteiger partial charge in [0.1, 0.15) is 0 Å². The minimum Gasteiger partial charge on any atom is -0.344 e. The highest BCUT2D eigenvalue weighted by Gasteiger charge is 2.10. The molecule has 0 aromatic heterocycles. The lowest BCUT2D eigenvalue weighted by atomic mass is 10.0. The normalized spacial score (nSPS) is 11.6. The molecule has 3 N–H and O–H groups in total. The third kappa shape index (κ3) is 29.8. The fraction of sp³-hybridized carbons (Fsp3) is 1.00. The Morgan fingerprint density at radius 2 is 0.848 bits per heavy atom. The van der Waals surface area contributed by atoms with Gasteiger partial charge in [0.05, 0.1) is 19.0 Å². The monoisotopic (exact) mass is 495 g/mol. The minimum absolute atomic E-state index is 0. The molecule has 0 saturated carbocycles. The second kappa shape index (κ2) is 28.0. The molecule has 0 radical (unpaired) electrons. The SMILES string of the molecule is CCCCCCCCCCCCCCCCCCOS(=O)(=O)CCCCCCCCCF.N. The molecule has 0 atom stereocenters. The molecule has 0 aliphatic rings. The van der Waals surface area contributed by atoms with E-state index in [-0.39, 0.29) is 18.6 Å². The Hall–Kier alpha value is -0.200. The summed E-state index contributed by atoms with van der Waals surface area (Å²) in [5.74, 6) is 0.135. The van der Waals surface area contributed by atoms with E-state index in [1.54, 1.807) is 0 Å². The van der Waals surface area contributed by atoms with Crippen molar-refractivity contribution in [3.8, 4) is 0 Å². The maximum Gasteiger partial charge on any atom is 0.267 e. The van der Waals surface area contributed by atoms with Gasteiger partial charge in [-0.05, 0) is 19.3 Å². The van der Waals surface area contributed by atoms with E-state index in [4.69, 9.17) is 4.18 Å². The summed E-state index contributed by atoms with van der Waals surface area (Å²) in [5.41, 5.74) is 0. The van der Waals surface area contributed by atoms with Gasteiger partial charge in [-0.3, -0.25) is 8.57 Å². The highest BCUT2D eigenvalue weighted by molar-refractivity contribution is 7.86. The smallest absolute Gasteiger partial charge is 0.267 e. The lowest BCUT2D eigenvalue weighted by molar-refractivity contribution is 0.305. The Morgan fingerprint density at radius 1 is 0.515 bits per heavy atom. The Bertz CT molecular complexity index is 460. The van der Waals surface area contributed by atoms with E-state index in [1.165, 1.54) is 89.9 Å². The van der Waals surface area contributed by atoms with Crippen molar-refractivity contribution in [1.29, 1.82) is 0 Å². The first-order valence-electron chi connectivity index (χ1n) is 14.1. The Balaban J connectivity index is 0. The van der Waals surface area contributed by atoms with Crippen LogP contribution < -0.4 is 6.15 Å². The van der Waals surface area contributed by atoms with Crippen molar-refractivity contribution in [3.63, 3.8) is 0 Å². The van der Waals surface area contributed by atoms with Gasteiger partial charge in [0.25, 0.3) is 10.1 Å². The fourth-order valence-electron chi connectivity index (χ4n) is 4.15. The summed E-state index contributed by atoms with van der Waals surface area (Å²) < 4.78 is 40.9. The van der Waals surface area contributed by atoms with Gasteiger partial charge in [-0.15, -0.1) is 0 Å². The van der Waals surface area contributed by atoms with Crippen molar-refractivity contribution in [3.05, 3.63) is 0 Å². The zero-order valence-corrected chi connectivity index (χ0v) is 22.9. The molecule has 4 nitrogen and oxygen atoms in total. The number of alkyl halides is 1. The van der Waals surface area contributed by atoms with E-state index < -0.39 is 10.1 Å². The highest BCUT2D eigenvalue weighted by atomic mass is 32.2. The summed E-state index contributed by atoms with van der Waals surface area (Å²) in [7, 11) is -3.35. The second-order valence-corrected chi connectivity index (χ2v) is 11.3. The third-order valence-electron chi connectivity index (χ3n) is 6.29.